The van der Waals surface area contributed by atoms with Crippen molar-refractivity contribution in [2.75, 3.05) is 16.0 Å². The summed E-state index contributed by atoms with van der Waals surface area (Å²) < 4.78 is 0. The van der Waals surface area contributed by atoms with Crippen LogP contribution in [-0.4, -0.2) is 15.9 Å². The smallest absolute Gasteiger partial charge is 0.247 e. The maximum absolute atomic E-state index is 11.4. The second kappa shape index (κ2) is 10.5. The van der Waals surface area contributed by atoms with Gasteiger partial charge in [0.05, 0.1) is 0 Å². The lowest BCUT2D eigenvalue weighted by molar-refractivity contribution is -0.111. The predicted octanol–water partition coefficient (Wildman–Crippen LogP) is 5.42. The molecule has 3 N–H and O–H groups in total. The first-order valence-corrected chi connectivity index (χ1v) is 9.10. The van der Waals surface area contributed by atoms with Crippen LogP contribution in [0.2, 0.25) is 0 Å². The van der Waals surface area contributed by atoms with Gasteiger partial charge in [-0.15, -0.1) is 0 Å². The molecule has 0 fully saturated rings. The lowest BCUT2D eigenvalue weighted by Gasteiger charge is -2.11. The van der Waals surface area contributed by atoms with Crippen molar-refractivity contribution in [3.63, 3.8) is 0 Å². The fourth-order valence-corrected chi connectivity index (χ4v) is 2.28. The highest BCUT2D eigenvalue weighted by atomic mass is 16.1. The maximum Gasteiger partial charge on any atom is 0.247 e. The largest absolute Gasteiger partial charge is 0.340 e. The van der Waals surface area contributed by atoms with E-state index in [0.29, 0.717) is 11.6 Å². The number of carbonyl (C=O) groups is 1. The van der Waals surface area contributed by atoms with Crippen LogP contribution in [0.25, 0.3) is 0 Å². The van der Waals surface area contributed by atoms with Gasteiger partial charge in [-0.05, 0) is 43.3 Å². The highest BCUT2D eigenvalue weighted by Gasteiger charge is 2.06. The zero-order valence-electron chi connectivity index (χ0n) is 16.4. The van der Waals surface area contributed by atoms with E-state index < -0.39 is 0 Å². The number of carbonyl (C=O) groups excluding carboxylic acids is 1. The summed E-state index contributed by atoms with van der Waals surface area (Å²) in [7, 11) is 0. The monoisotopic (exact) mass is 375 g/mol. The molecule has 2 aromatic carbocycles. The molecule has 0 unspecified atom stereocenters. The number of nitrogens with zero attached hydrogens (tertiary/aromatic N) is 2. The standard InChI is InChI=1S/C20H19N5O.C2H6/c1-3-18(26)22-16-10-7-11-17(12-16)24-20-21-13-14(2)19(25-20)23-15-8-5-4-6-9-15;1-2/h3-13H,1H2,2H3,(H,22,26)(H2,21,23,24,25);1-2H3. The molecule has 1 heterocycles. The molecule has 3 aromatic rings. The Labute approximate surface area is 165 Å². The van der Waals surface area contributed by atoms with E-state index in [1.54, 1.807) is 18.3 Å². The number of nitrogens with one attached hydrogen (secondary N) is 3. The molecular weight excluding hydrogens is 350 g/mol. The van der Waals surface area contributed by atoms with Crippen LogP contribution < -0.4 is 16.0 Å². The first kappa shape index (κ1) is 20.6. The van der Waals surface area contributed by atoms with Crippen LogP contribution in [0.15, 0.2) is 73.4 Å². The van der Waals surface area contributed by atoms with E-state index in [1.165, 1.54) is 6.08 Å². The molecule has 1 aromatic heterocycles. The summed E-state index contributed by atoms with van der Waals surface area (Å²) in [6.45, 7) is 9.39. The van der Waals surface area contributed by atoms with E-state index in [0.717, 1.165) is 22.8 Å². The van der Waals surface area contributed by atoms with Crippen molar-refractivity contribution >= 4 is 34.7 Å². The minimum atomic E-state index is -0.261. The van der Waals surface area contributed by atoms with Gasteiger partial charge in [-0.2, -0.15) is 4.98 Å². The Hall–Kier alpha value is -3.67. The average Bonchev–Trinajstić information content (AvgIpc) is 2.73. The summed E-state index contributed by atoms with van der Waals surface area (Å²) in [6, 6.07) is 17.1. The number of hydrogen-bond donors (Lipinski definition) is 3. The normalized spacial score (nSPS) is 9.54. The minimum Gasteiger partial charge on any atom is -0.340 e. The Bertz CT molecular complexity index is 925. The lowest BCUT2D eigenvalue weighted by atomic mass is 10.2. The number of benzene rings is 2. The number of para-hydroxylation sites is 1. The molecule has 0 bridgehead atoms. The van der Waals surface area contributed by atoms with Crippen molar-refractivity contribution in [3.8, 4) is 0 Å². The average molecular weight is 375 g/mol. The molecule has 0 aliphatic carbocycles. The van der Waals surface area contributed by atoms with E-state index in [4.69, 9.17) is 0 Å². The van der Waals surface area contributed by atoms with Gasteiger partial charge in [0.15, 0.2) is 0 Å². The van der Waals surface area contributed by atoms with Gasteiger partial charge in [-0.1, -0.05) is 44.7 Å². The highest BCUT2D eigenvalue weighted by molar-refractivity contribution is 5.99. The van der Waals surface area contributed by atoms with Crippen LogP contribution in [0, 0.1) is 6.92 Å². The fourth-order valence-electron chi connectivity index (χ4n) is 2.28. The molecule has 6 heteroatoms. The van der Waals surface area contributed by atoms with Crippen molar-refractivity contribution in [2.45, 2.75) is 20.8 Å². The van der Waals surface area contributed by atoms with Gasteiger partial charge in [0.2, 0.25) is 11.9 Å². The Morgan fingerprint density at radius 1 is 0.964 bits per heavy atom. The van der Waals surface area contributed by atoms with E-state index in [9.17, 15) is 4.79 Å². The molecule has 6 nitrogen and oxygen atoms in total. The van der Waals surface area contributed by atoms with Crippen LogP contribution >= 0.6 is 0 Å². The summed E-state index contributed by atoms with van der Waals surface area (Å²) in [4.78, 5) is 20.3. The quantitative estimate of drug-likeness (QED) is 0.501. The molecule has 0 saturated carbocycles. The first-order valence-electron chi connectivity index (χ1n) is 9.10. The van der Waals surface area contributed by atoms with E-state index in [2.05, 4.69) is 32.5 Å². The second-order valence-electron chi connectivity index (χ2n) is 5.62. The molecule has 0 atom stereocenters. The zero-order chi connectivity index (χ0) is 20.4. The molecule has 144 valence electrons. The van der Waals surface area contributed by atoms with Crippen LogP contribution in [0.1, 0.15) is 19.4 Å². The van der Waals surface area contributed by atoms with E-state index >= 15 is 0 Å². The molecule has 0 aliphatic heterocycles. The minimum absolute atomic E-state index is 0.261. The van der Waals surface area contributed by atoms with Gasteiger partial charge in [0, 0.05) is 28.8 Å². The summed E-state index contributed by atoms with van der Waals surface area (Å²) in [5.41, 5.74) is 3.32. The van der Waals surface area contributed by atoms with Crippen LogP contribution in [0.4, 0.5) is 28.8 Å². The van der Waals surface area contributed by atoms with Crippen molar-refractivity contribution in [2.24, 2.45) is 0 Å². The zero-order valence-corrected chi connectivity index (χ0v) is 16.4. The van der Waals surface area contributed by atoms with Gasteiger partial charge in [0.1, 0.15) is 5.82 Å². The second-order valence-corrected chi connectivity index (χ2v) is 5.62. The van der Waals surface area contributed by atoms with Crippen LogP contribution in [-0.2, 0) is 4.79 Å². The molecule has 28 heavy (non-hydrogen) atoms. The summed E-state index contributed by atoms with van der Waals surface area (Å²) in [5, 5.41) is 9.15. The van der Waals surface area contributed by atoms with E-state index in [-0.39, 0.29) is 5.91 Å². The highest BCUT2D eigenvalue weighted by Crippen LogP contribution is 2.22. The van der Waals surface area contributed by atoms with Crippen LogP contribution in [0.5, 0.6) is 0 Å². The lowest BCUT2D eigenvalue weighted by Crippen LogP contribution is -2.07. The number of anilines is 5. The fraction of sp³-hybridized carbons (Fsp3) is 0.136. The molecule has 3 rings (SSSR count). The number of amides is 1. The number of rotatable bonds is 6. The number of aryl methyl sites for hydroxylation is 1. The van der Waals surface area contributed by atoms with Crippen molar-refractivity contribution in [1.29, 1.82) is 0 Å². The first-order chi connectivity index (χ1) is 13.6. The molecule has 0 radical (unpaired) electrons. The Balaban J connectivity index is 0.00000136. The third-order valence-electron chi connectivity index (χ3n) is 3.58. The molecule has 1 amide bonds. The third kappa shape index (κ3) is 5.95. The van der Waals surface area contributed by atoms with Crippen molar-refractivity contribution in [3.05, 3.63) is 79.0 Å². The Kier molecular flexibility index (Phi) is 7.72. The van der Waals surface area contributed by atoms with E-state index in [1.807, 2.05) is 63.2 Å². The van der Waals surface area contributed by atoms with Crippen molar-refractivity contribution in [1.82, 2.24) is 9.97 Å². The molecule has 0 spiro atoms. The summed E-state index contributed by atoms with van der Waals surface area (Å²) in [5.74, 6) is 0.925. The summed E-state index contributed by atoms with van der Waals surface area (Å²) >= 11 is 0. The molecular formula is C22H25N5O. The van der Waals surface area contributed by atoms with Gasteiger partial charge in [-0.3, -0.25) is 4.79 Å². The topological polar surface area (TPSA) is 78.9 Å². The molecule has 0 saturated heterocycles. The SMILES string of the molecule is C=CC(=O)Nc1cccc(Nc2ncc(C)c(Nc3ccccc3)n2)c1.CC. The van der Waals surface area contributed by atoms with Gasteiger partial charge < -0.3 is 16.0 Å². The predicted molar refractivity (Wildman–Crippen MR) is 116 cm³/mol. The van der Waals surface area contributed by atoms with Crippen LogP contribution in [0.3, 0.4) is 0 Å². The Morgan fingerprint density at radius 3 is 2.36 bits per heavy atom. The maximum atomic E-state index is 11.4. The van der Waals surface area contributed by atoms with Gasteiger partial charge in [0.25, 0.3) is 0 Å². The number of aromatic nitrogens is 2. The van der Waals surface area contributed by atoms with Crippen molar-refractivity contribution < 1.29 is 4.79 Å². The third-order valence-corrected chi connectivity index (χ3v) is 3.58. The molecule has 0 aliphatic rings. The number of hydrogen-bond acceptors (Lipinski definition) is 5. The summed E-state index contributed by atoms with van der Waals surface area (Å²) in [6.07, 6.45) is 2.98. The Morgan fingerprint density at radius 2 is 1.64 bits per heavy atom. The van der Waals surface area contributed by atoms with Gasteiger partial charge in [-0.25, -0.2) is 4.98 Å². The van der Waals surface area contributed by atoms with Gasteiger partial charge >= 0.3 is 0 Å².